The fourth-order valence-electron chi connectivity index (χ4n) is 2.28. The number of hydrogen-bond donors (Lipinski definition) is 2. The molecular weight excluding hydrogens is 232 g/mol. The molecule has 1 aromatic rings. The van der Waals surface area contributed by atoms with Crippen LogP contribution in [-0.2, 0) is 24.2 Å². The molecular formula is C13H18N2OS. The average Bonchev–Trinajstić information content (AvgIpc) is 2.85. The molecule has 0 unspecified atom stereocenters. The van der Waals surface area contributed by atoms with Gasteiger partial charge in [-0.3, -0.25) is 4.79 Å². The number of carbonyl (C=O) groups is 1. The van der Waals surface area contributed by atoms with Crippen molar-refractivity contribution in [2.24, 2.45) is 0 Å². The molecule has 1 aromatic heterocycles. The molecule has 17 heavy (non-hydrogen) atoms. The molecule has 0 atom stereocenters. The van der Waals surface area contributed by atoms with E-state index in [-0.39, 0.29) is 5.91 Å². The Hall–Kier alpha value is -0.870. The molecule has 4 heteroatoms. The quantitative estimate of drug-likeness (QED) is 0.833. The molecule has 0 radical (unpaired) electrons. The van der Waals surface area contributed by atoms with E-state index in [0.717, 1.165) is 19.4 Å². The van der Waals surface area contributed by atoms with Crippen molar-refractivity contribution < 1.29 is 4.79 Å². The highest BCUT2D eigenvalue weighted by atomic mass is 32.1. The van der Waals surface area contributed by atoms with Crippen LogP contribution >= 0.6 is 11.3 Å². The lowest BCUT2D eigenvalue weighted by Crippen LogP contribution is -2.34. The Balaban J connectivity index is 1.42. The van der Waals surface area contributed by atoms with Crippen molar-refractivity contribution in [2.45, 2.75) is 44.7 Å². The Morgan fingerprint density at radius 1 is 1.41 bits per heavy atom. The largest absolute Gasteiger partial charge is 0.352 e. The molecule has 0 spiro atoms. The summed E-state index contributed by atoms with van der Waals surface area (Å²) in [5.41, 5.74) is 1.54. The van der Waals surface area contributed by atoms with Crippen molar-refractivity contribution in [3.63, 3.8) is 0 Å². The Bertz CT molecular complexity index is 402. The Morgan fingerprint density at radius 3 is 3.06 bits per heavy atom. The van der Waals surface area contributed by atoms with Crippen molar-refractivity contribution in [3.05, 3.63) is 21.4 Å². The molecule has 3 nitrogen and oxygen atoms in total. The zero-order valence-corrected chi connectivity index (χ0v) is 10.7. The normalized spacial score (nSPS) is 18.1. The number of rotatable bonds is 5. The Labute approximate surface area is 106 Å². The van der Waals surface area contributed by atoms with Gasteiger partial charge in [0.15, 0.2) is 0 Å². The SMILES string of the molecule is O=C(CNCc1cc2c(s1)CCC2)NC1CC1. The third kappa shape index (κ3) is 2.87. The third-order valence-electron chi connectivity index (χ3n) is 3.32. The van der Waals surface area contributed by atoms with Gasteiger partial charge < -0.3 is 10.6 Å². The number of carbonyl (C=O) groups excluding carboxylic acids is 1. The van der Waals surface area contributed by atoms with E-state index in [1.807, 2.05) is 11.3 Å². The number of fused-ring (bicyclic) bond motifs is 1. The summed E-state index contributed by atoms with van der Waals surface area (Å²) in [5.74, 6) is 0.136. The lowest BCUT2D eigenvalue weighted by atomic mass is 10.2. The highest BCUT2D eigenvalue weighted by Crippen LogP contribution is 2.30. The fourth-order valence-corrected chi connectivity index (χ4v) is 3.51. The minimum atomic E-state index is 0.136. The van der Waals surface area contributed by atoms with Gasteiger partial charge in [0.05, 0.1) is 6.54 Å². The molecule has 2 aliphatic carbocycles. The van der Waals surface area contributed by atoms with Gasteiger partial charge in [0.25, 0.3) is 0 Å². The van der Waals surface area contributed by atoms with Crippen LogP contribution in [0.15, 0.2) is 6.07 Å². The van der Waals surface area contributed by atoms with E-state index in [2.05, 4.69) is 16.7 Å². The molecule has 1 saturated carbocycles. The first-order chi connectivity index (χ1) is 8.31. The predicted molar refractivity (Wildman–Crippen MR) is 69.2 cm³/mol. The van der Waals surface area contributed by atoms with Crippen LogP contribution < -0.4 is 10.6 Å². The molecule has 0 bridgehead atoms. The summed E-state index contributed by atoms with van der Waals surface area (Å²) in [6, 6.07) is 2.77. The number of nitrogens with one attached hydrogen (secondary N) is 2. The predicted octanol–water partition coefficient (Wildman–Crippen LogP) is 1.60. The van der Waals surface area contributed by atoms with E-state index >= 15 is 0 Å². The molecule has 1 fully saturated rings. The van der Waals surface area contributed by atoms with Crippen molar-refractivity contribution in [2.75, 3.05) is 6.54 Å². The summed E-state index contributed by atoms with van der Waals surface area (Å²) >= 11 is 1.91. The molecule has 2 N–H and O–H groups in total. The fraction of sp³-hybridized carbons (Fsp3) is 0.615. The molecule has 92 valence electrons. The zero-order valence-electron chi connectivity index (χ0n) is 9.92. The zero-order chi connectivity index (χ0) is 11.7. The second-order valence-electron chi connectivity index (χ2n) is 4.96. The first-order valence-electron chi connectivity index (χ1n) is 6.42. The van der Waals surface area contributed by atoms with E-state index in [1.165, 1.54) is 29.7 Å². The topological polar surface area (TPSA) is 41.1 Å². The summed E-state index contributed by atoms with van der Waals surface area (Å²) in [5, 5.41) is 6.20. The van der Waals surface area contributed by atoms with Gasteiger partial charge in [0.2, 0.25) is 5.91 Å². The van der Waals surface area contributed by atoms with Gasteiger partial charge in [-0.1, -0.05) is 0 Å². The lowest BCUT2D eigenvalue weighted by Gasteiger charge is -2.04. The second-order valence-corrected chi connectivity index (χ2v) is 6.18. The van der Waals surface area contributed by atoms with Gasteiger partial charge in [0, 0.05) is 22.3 Å². The van der Waals surface area contributed by atoms with Crippen molar-refractivity contribution in [1.29, 1.82) is 0 Å². The van der Waals surface area contributed by atoms with E-state index < -0.39 is 0 Å². The maximum atomic E-state index is 11.5. The number of hydrogen-bond acceptors (Lipinski definition) is 3. The van der Waals surface area contributed by atoms with Gasteiger partial charge in [-0.25, -0.2) is 0 Å². The second kappa shape index (κ2) is 4.78. The first kappa shape index (κ1) is 11.2. The average molecular weight is 250 g/mol. The summed E-state index contributed by atoms with van der Waals surface area (Å²) in [6.07, 6.45) is 6.13. The van der Waals surface area contributed by atoms with Crippen LogP contribution in [0.5, 0.6) is 0 Å². The maximum absolute atomic E-state index is 11.5. The lowest BCUT2D eigenvalue weighted by molar-refractivity contribution is -0.120. The minimum Gasteiger partial charge on any atom is -0.352 e. The summed E-state index contributed by atoms with van der Waals surface area (Å²) < 4.78 is 0. The van der Waals surface area contributed by atoms with Crippen LogP contribution in [0.4, 0.5) is 0 Å². The minimum absolute atomic E-state index is 0.136. The Kier molecular flexibility index (Phi) is 3.16. The molecule has 1 amide bonds. The summed E-state index contributed by atoms with van der Waals surface area (Å²) in [6.45, 7) is 1.27. The summed E-state index contributed by atoms with van der Waals surface area (Å²) in [4.78, 5) is 14.4. The van der Waals surface area contributed by atoms with E-state index in [4.69, 9.17) is 0 Å². The van der Waals surface area contributed by atoms with Crippen LogP contribution in [0.25, 0.3) is 0 Å². The van der Waals surface area contributed by atoms with Crippen molar-refractivity contribution in [1.82, 2.24) is 10.6 Å². The van der Waals surface area contributed by atoms with Gasteiger partial charge in [0.1, 0.15) is 0 Å². The van der Waals surface area contributed by atoms with E-state index in [1.54, 1.807) is 4.88 Å². The Morgan fingerprint density at radius 2 is 2.29 bits per heavy atom. The van der Waals surface area contributed by atoms with E-state index in [0.29, 0.717) is 12.6 Å². The highest BCUT2D eigenvalue weighted by Gasteiger charge is 2.22. The number of aryl methyl sites for hydroxylation is 2. The molecule has 3 rings (SSSR count). The van der Waals surface area contributed by atoms with Crippen LogP contribution in [-0.4, -0.2) is 18.5 Å². The molecule has 0 aromatic carbocycles. The maximum Gasteiger partial charge on any atom is 0.234 e. The van der Waals surface area contributed by atoms with Crippen LogP contribution in [0.3, 0.4) is 0 Å². The standard InChI is InChI=1S/C13H18N2OS/c16-13(15-10-4-5-10)8-14-7-11-6-9-2-1-3-12(9)17-11/h6,10,14H,1-5,7-8H2,(H,15,16). The summed E-state index contributed by atoms with van der Waals surface area (Å²) in [7, 11) is 0. The number of thiophene rings is 1. The van der Waals surface area contributed by atoms with E-state index in [9.17, 15) is 4.79 Å². The molecule has 0 saturated heterocycles. The van der Waals surface area contributed by atoms with Crippen LogP contribution in [0, 0.1) is 0 Å². The molecule has 1 heterocycles. The van der Waals surface area contributed by atoms with Crippen LogP contribution in [0.1, 0.15) is 34.6 Å². The smallest absolute Gasteiger partial charge is 0.234 e. The molecule has 0 aliphatic heterocycles. The van der Waals surface area contributed by atoms with Gasteiger partial charge in [-0.2, -0.15) is 0 Å². The third-order valence-corrected chi connectivity index (χ3v) is 4.56. The van der Waals surface area contributed by atoms with Gasteiger partial charge in [-0.15, -0.1) is 11.3 Å². The van der Waals surface area contributed by atoms with Gasteiger partial charge in [-0.05, 0) is 43.7 Å². The van der Waals surface area contributed by atoms with Crippen molar-refractivity contribution in [3.8, 4) is 0 Å². The van der Waals surface area contributed by atoms with Crippen molar-refractivity contribution >= 4 is 17.2 Å². The highest BCUT2D eigenvalue weighted by molar-refractivity contribution is 7.12. The van der Waals surface area contributed by atoms with Crippen LogP contribution in [0.2, 0.25) is 0 Å². The monoisotopic (exact) mass is 250 g/mol. The first-order valence-corrected chi connectivity index (χ1v) is 7.23. The van der Waals surface area contributed by atoms with Gasteiger partial charge >= 0.3 is 0 Å². The number of amides is 1. The molecule has 2 aliphatic rings.